The average Bonchev–Trinajstić information content (AvgIpc) is 3.29. The SMILES string of the molecule is CCCCN1c2cccnc2-n2cccc2C12CCN(C(=O)C1CCC1)C2. The molecule has 142 valence electrons. The normalized spacial score (nSPS) is 24.0. The van der Waals surface area contributed by atoms with E-state index >= 15 is 0 Å². The van der Waals surface area contributed by atoms with Crippen molar-refractivity contribution < 1.29 is 4.79 Å². The summed E-state index contributed by atoms with van der Waals surface area (Å²) in [4.78, 5) is 22.3. The van der Waals surface area contributed by atoms with Gasteiger partial charge in [-0.15, -0.1) is 0 Å². The van der Waals surface area contributed by atoms with Crippen molar-refractivity contribution in [1.82, 2.24) is 14.5 Å². The third-order valence-electron chi connectivity index (χ3n) is 6.78. The molecule has 0 aromatic carbocycles. The number of carbonyl (C=O) groups excluding carboxylic acids is 1. The summed E-state index contributed by atoms with van der Waals surface area (Å²) in [7, 11) is 0. The first-order valence-electron chi connectivity index (χ1n) is 10.4. The van der Waals surface area contributed by atoms with Crippen LogP contribution in [0.15, 0.2) is 36.7 Å². The molecule has 5 nitrogen and oxygen atoms in total. The fourth-order valence-electron chi connectivity index (χ4n) is 5.07. The fourth-order valence-corrected chi connectivity index (χ4v) is 5.07. The molecule has 5 rings (SSSR count). The number of amides is 1. The van der Waals surface area contributed by atoms with E-state index in [0.717, 1.165) is 57.6 Å². The molecule has 3 aliphatic rings. The smallest absolute Gasteiger partial charge is 0.225 e. The molecule has 1 atom stereocenters. The van der Waals surface area contributed by atoms with E-state index in [9.17, 15) is 4.79 Å². The maximum Gasteiger partial charge on any atom is 0.225 e. The average molecular weight is 364 g/mol. The largest absolute Gasteiger partial charge is 0.355 e. The van der Waals surface area contributed by atoms with Gasteiger partial charge in [0.1, 0.15) is 5.54 Å². The number of rotatable bonds is 4. The van der Waals surface area contributed by atoms with E-state index in [0.29, 0.717) is 5.91 Å². The minimum atomic E-state index is -0.131. The van der Waals surface area contributed by atoms with Gasteiger partial charge < -0.3 is 14.4 Å². The highest BCUT2D eigenvalue weighted by atomic mass is 16.2. The number of likely N-dealkylation sites (tertiary alicyclic amines) is 1. The van der Waals surface area contributed by atoms with Crippen molar-refractivity contribution in [3.05, 3.63) is 42.4 Å². The van der Waals surface area contributed by atoms with Crippen molar-refractivity contribution in [2.24, 2.45) is 5.92 Å². The molecule has 1 unspecified atom stereocenters. The van der Waals surface area contributed by atoms with Crippen LogP contribution in [-0.4, -0.2) is 40.0 Å². The maximum atomic E-state index is 13.0. The molecule has 5 heteroatoms. The van der Waals surface area contributed by atoms with Crippen LogP contribution in [0.4, 0.5) is 5.69 Å². The summed E-state index contributed by atoms with van der Waals surface area (Å²) in [5.74, 6) is 1.67. The first-order chi connectivity index (χ1) is 13.2. The number of carbonyl (C=O) groups is 1. The minimum Gasteiger partial charge on any atom is -0.355 e. The number of unbranched alkanes of at least 4 members (excludes halogenated alkanes) is 1. The Hall–Kier alpha value is -2.30. The number of pyridine rings is 1. The van der Waals surface area contributed by atoms with E-state index in [1.807, 2.05) is 12.3 Å². The number of anilines is 1. The van der Waals surface area contributed by atoms with Gasteiger partial charge in [0.05, 0.1) is 11.4 Å². The topological polar surface area (TPSA) is 41.4 Å². The lowest BCUT2D eigenvalue weighted by Gasteiger charge is -2.47. The van der Waals surface area contributed by atoms with Crippen LogP contribution in [0, 0.1) is 5.92 Å². The summed E-state index contributed by atoms with van der Waals surface area (Å²) in [5, 5.41) is 0. The first-order valence-corrected chi connectivity index (χ1v) is 10.4. The zero-order valence-corrected chi connectivity index (χ0v) is 16.1. The van der Waals surface area contributed by atoms with Crippen LogP contribution in [0.25, 0.3) is 5.82 Å². The van der Waals surface area contributed by atoms with Gasteiger partial charge in [-0.2, -0.15) is 0 Å². The summed E-state index contributed by atoms with van der Waals surface area (Å²) < 4.78 is 2.25. The highest BCUT2D eigenvalue weighted by Gasteiger charge is 2.51. The van der Waals surface area contributed by atoms with E-state index in [4.69, 9.17) is 4.98 Å². The molecule has 2 aliphatic heterocycles. The van der Waals surface area contributed by atoms with Crippen molar-refractivity contribution >= 4 is 11.6 Å². The zero-order chi connectivity index (χ0) is 18.4. The quantitative estimate of drug-likeness (QED) is 0.830. The highest BCUT2D eigenvalue weighted by Crippen LogP contribution is 2.47. The molecule has 0 radical (unpaired) electrons. The molecule has 4 heterocycles. The Kier molecular flexibility index (Phi) is 3.99. The zero-order valence-electron chi connectivity index (χ0n) is 16.1. The van der Waals surface area contributed by atoms with E-state index in [2.05, 4.69) is 45.7 Å². The van der Waals surface area contributed by atoms with Gasteiger partial charge in [0.25, 0.3) is 0 Å². The van der Waals surface area contributed by atoms with Crippen molar-refractivity contribution in [2.75, 3.05) is 24.5 Å². The lowest BCUT2D eigenvalue weighted by Crippen LogP contribution is -2.53. The Bertz CT molecular complexity index is 856. The van der Waals surface area contributed by atoms with E-state index in [1.54, 1.807) is 0 Å². The van der Waals surface area contributed by atoms with Crippen LogP contribution in [0.3, 0.4) is 0 Å². The molecule has 0 bridgehead atoms. The Balaban J connectivity index is 1.56. The molecular weight excluding hydrogens is 336 g/mol. The molecule has 2 aromatic rings. The van der Waals surface area contributed by atoms with Gasteiger partial charge in [-0.25, -0.2) is 4.98 Å². The van der Waals surface area contributed by atoms with Crippen molar-refractivity contribution in [3.8, 4) is 5.82 Å². The lowest BCUT2D eigenvalue weighted by molar-refractivity contribution is -0.137. The summed E-state index contributed by atoms with van der Waals surface area (Å²) in [6, 6.07) is 8.58. The molecular formula is C22H28N4O. The van der Waals surface area contributed by atoms with Crippen LogP contribution < -0.4 is 4.90 Å². The summed E-state index contributed by atoms with van der Waals surface area (Å²) in [6.07, 6.45) is 10.7. The van der Waals surface area contributed by atoms with Crippen molar-refractivity contribution in [1.29, 1.82) is 0 Å². The monoisotopic (exact) mass is 364 g/mol. The third kappa shape index (κ3) is 2.43. The summed E-state index contributed by atoms with van der Waals surface area (Å²) in [6.45, 7) is 4.90. The minimum absolute atomic E-state index is 0.131. The van der Waals surface area contributed by atoms with Gasteiger partial charge in [0, 0.05) is 37.9 Å². The molecule has 1 spiro atoms. The molecule has 27 heavy (non-hydrogen) atoms. The molecule has 0 N–H and O–H groups in total. The van der Waals surface area contributed by atoms with Gasteiger partial charge in [-0.3, -0.25) is 4.79 Å². The van der Waals surface area contributed by atoms with E-state index in [1.165, 1.54) is 17.8 Å². The number of hydrogen-bond donors (Lipinski definition) is 0. The van der Waals surface area contributed by atoms with Gasteiger partial charge >= 0.3 is 0 Å². The summed E-state index contributed by atoms with van der Waals surface area (Å²) in [5.41, 5.74) is 2.36. The van der Waals surface area contributed by atoms with Crippen LogP contribution in [0.5, 0.6) is 0 Å². The first kappa shape index (κ1) is 16.8. The standard InChI is InChI=1S/C22H28N4O/c1-2-3-14-26-18-9-5-12-23-20(18)25-13-6-10-19(25)22(26)11-15-24(16-22)21(27)17-7-4-8-17/h5-6,9-10,12-13,17H,2-4,7-8,11,14-16H2,1H3. The van der Waals surface area contributed by atoms with Gasteiger partial charge in [-0.1, -0.05) is 19.8 Å². The van der Waals surface area contributed by atoms with Crippen LogP contribution >= 0.6 is 0 Å². The Morgan fingerprint density at radius 1 is 1.30 bits per heavy atom. The second kappa shape index (κ2) is 6.39. The maximum absolute atomic E-state index is 13.0. The highest BCUT2D eigenvalue weighted by molar-refractivity contribution is 5.80. The Morgan fingerprint density at radius 3 is 2.96 bits per heavy atom. The molecule has 1 saturated heterocycles. The van der Waals surface area contributed by atoms with Crippen LogP contribution in [0.1, 0.15) is 51.1 Å². The van der Waals surface area contributed by atoms with Gasteiger partial charge in [-0.05, 0) is 49.9 Å². The molecule has 2 fully saturated rings. The van der Waals surface area contributed by atoms with Gasteiger partial charge in [0.15, 0.2) is 5.82 Å². The van der Waals surface area contributed by atoms with Crippen LogP contribution in [0.2, 0.25) is 0 Å². The Morgan fingerprint density at radius 2 is 2.19 bits per heavy atom. The lowest BCUT2D eigenvalue weighted by atomic mass is 9.84. The van der Waals surface area contributed by atoms with Crippen molar-refractivity contribution in [3.63, 3.8) is 0 Å². The fraction of sp³-hybridized carbons (Fsp3) is 0.545. The number of nitrogens with zero attached hydrogens (tertiary/aromatic N) is 4. The van der Waals surface area contributed by atoms with Crippen LogP contribution in [-0.2, 0) is 10.3 Å². The predicted molar refractivity (Wildman–Crippen MR) is 106 cm³/mol. The van der Waals surface area contributed by atoms with E-state index < -0.39 is 0 Å². The number of aromatic nitrogens is 2. The summed E-state index contributed by atoms with van der Waals surface area (Å²) >= 11 is 0. The molecule has 1 aliphatic carbocycles. The molecule has 2 aromatic heterocycles. The van der Waals surface area contributed by atoms with Crippen molar-refractivity contribution in [2.45, 2.75) is 51.0 Å². The second-order valence-corrected chi connectivity index (χ2v) is 8.28. The third-order valence-corrected chi connectivity index (χ3v) is 6.78. The number of hydrogen-bond acceptors (Lipinski definition) is 3. The predicted octanol–water partition coefficient (Wildman–Crippen LogP) is 3.72. The van der Waals surface area contributed by atoms with Gasteiger partial charge in [0.2, 0.25) is 5.91 Å². The molecule has 1 amide bonds. The number of fused-ring (bicyclic) bond motifs is 4. The Labute approximate surface area is 161 Å². The molecule has 1 saturated carbocycles. The van der Waals surface area contributed by atoms with E-state index in [-0.39, 0.29) is 11.5 Å². The second-order valence-electron chi connectivity index (χ2n) is 8.28.